The van der Waals surface area contributed by atoms with E-state index in [1.165, 1.54) is 0 Å². The van der Waals surface area contributed by atoms with Crippen LogP contribution in [0.3, 0.4) is 0 Å². The average molecular weight is 243 g/mol. The van der Waals surface area contributed by atoms with Gasteiger partial charge in [0.1, 0.15) is 0 Å². The standard InChI is InChI=1S/C13H25NO3/c1-5-13(6-2,12(15)16)8-14-11-7-9(3)17-10(11)4/h9-11,14H,5-8H2,1-4H3,(H,15,16). The topological polar surface area (TPSA) is 58.6 Å². The van der Waals surface area contributed by atoms with Gasteiger partial charge in [0.2, 0.25) is 0 Å². The summed E-state index contributed by atoms with van der Waals surface area (Å²) in [6.07, 6.45) is 2.71. The minimum absolute atomic E-state index is 0.171. The lowest BCUT2D eigenvalue weighted by molar-refractivity contribution is -0.149. The van der Waals surface area contributed by atoms with E-state index in [9.17, 15) is 9.90 Å². The Bertz CT molecular complexity index is 263. The molecule has 1 fully saturated rings. The molecule has 1 rings (SSSR count). The van der Waals surface area contributed by atoms with Crippen molar-refractivity contribution in [3.05, 3.63) is 0 Å². The van der Waals surface area contributed by atoms with Crippen LogP contribution in [0.15, 0.2) is 0 Å². The Morgan fingerprint density at radius 2 is 2.00 bits per heavy atom. The van der Waals surface area contributed by atoms with E-state index in [0.717, 1.165) is 6.42 Å². The van der Waals surface area contributed by atoms with Gasteiger partial charge in [-0.05, 0) is 33.1 Å². The molecule has 100 valence electrons. The van der Waals surface area contributed by atoms with Gasteiger partial charge in [0, 0.05) is 12.6 Å². The molecule has 3 unspecified atom stereocenters. The smallest absolute Gasteiger partial charge is 0.310 e. The molecule has 0 aromatic carbocycles. The normalized spacial score (nSPS) is 29.5. The van der Waals surface area contributed by atoms with E-state index in [1.807, 2.05) is 20.8 Å². The molecule has 4 heteroatoms. The van der Waals surface area contributed by atoms with E-state index < -0.39 is 11.4 Å². The van der Waals surface area contributed by atoms with Gasteiger partial charge in [-0.25, -0.2) is 0 Å². The zero-order chi connectivity index (χ0) is 13.1. The second-order valence-electron chi connectivity index (χ2n) is 5.17. The number of hydrogen-bond donors (Lipinski definition) is 2. The summed E-state index contributed by atoms with van der Waals surface area (Å²) in [6.45, 7) is 8.51. The van der Waals surface area contributed by atoms with Gasteiger partial charge in [0.15, 0.2) is 0 Å². The van der Waals surface area contributed by atoms with Gasteiger partial charge >= 0.3 is 5.97 Å². The first-order valence-corrected chi connectivity index (χ1v) is 6.57. The van der Waals surface area contributed by atoms with Crippen LogP contribution in [0.25, 0.3) is 0 Å². The molecular formula is C13H25NO3. The van der Waals surface area contributed by atoms with Crippen LogP contribution in [-0.4, -0.2) is 35.9 Å². The Morgan fingerprint density at radius 3 is 2.35 bits per heavy atom. The van der Waals surface area contributed by atoms with Crippen LogP contribution in [0, 0.1) is 5.41 Å². The van der Waals surface area contributed by atoms with Crippen molar-refractivity contribution in [2.45, 2.75) is 65.2 Å². The van der Waals surface area contributed by atoms with E-state index in [4.69, 9.17) is 4.74 Å². The predicted octanol–water partition coefficient (Wildman–Crippen LogP) is 2.03. The van der Waals surface area contributed by atoms with E-state index in [0.29, 0.717) is 19.4 Å². The Balaban J connectivity index is 2.55. The Labute approximate surface area is 104 Å². The molecule has 2 N–H and O–H groups in total. The maximum Gasteiger partial charge on any atom is 0.310 e. The van der Waals surface area contributed by atoms with Crippen LogP contribution in [0.1, 0.15) is 47.0 Å². The van der Waals surface area contributed by atoms with Crippen LogP contribution < -0.4 is 5.32 Å². The van der Waals surface area contributed by atoms with Crippen molar-refractivity contribution in [1.29, 1.82) is 0 Å². The average Bonchev–Trinajstić information content (AvgIpc) is 2.59. The third-order valence-electron chi connectivity index (χ3n) is 4.11. The summed E-state index contributed by atoms with van der Waals surface area (Å²) < 4.78 is 5.66. The van der Waals surface area contributed by atoms with Crippen LogP contribution in [0.2, 0.25) is 0 Å². The number of carboxylic acid groups (broad SMARTS) is 1. The van der Waals surface area contributed by atoms with E-state index in [1.54, 1.807) is 0 Å². The maximum atomic E-state index is 11.4. The highest BCUT2D eigenvalue weighted by atomic mass is 16.5. The summed E-state index contributed by atoms with van der Waals surface area (Å²) in [5.41, 5.74) is -0.633. The lowest BCUT2D eigenvalue weighted by Gasteiger charge is -2.29. The number of rotatable bonds is 6. The quantitative estimate of drug-likeness (QED) is 0.749. The maximum absolute atomic E-state index is 11.4. The lowest BCUT2D eigenvalue weighted by Crippen LogP contribution is -2.45. The summed E-state index contributed by atoms with van der Waals surface area (Å²) >= 11 is 0. The molecular weight excluding hydrogens is 218 g/mol. The zero-order valence-electron chi connectivity index (χ0n) is 11.3. The second-order valence-corrected chi connectivity index (χ2v) is 5.17. The van der Waals surface area contributed by atoms with Gasteiger partial charge in [-0.15, -0.1) is 0 Å². The molecule has 1 aliphatic rings. The van der Waals surface area contributed by atoms with Crippen molar-refractivity contribution in [3.63, 3.8) is 0 Å². The highest BCUT2D eigenvalue weighted by molar-refractivity contribution is 5.74. The summed E-state index contributed by atoms with van der Waals surface area (Å²) in [7, 11) is 0. The van der Waals surface area contributed by atoms with Crippen molar-refractivity contribution in [3.8, 4) is 0 Å². The highest BCUT2D eigenvalue weighted by Gasteiger charge is 2.37. The first kappa shape index (κ1) is 14.5. The van der Waals surface area contributed by atoms with Crippen LogP contribution in [-0.2, 0) is 9.53 Å². The molecule has 4 nitrogen and oxygen atoms in total. The fraction of sp³-hybridized carbons (Fsp3) is 0.923. The molecule has 1 aliphatic heterocycles. The van der Waals surface area contributed by atoms with Gasteiger partial charge in [0.25, 0.3) is 0 Å². The highest BCUT2D eigenvalue weighted by Crippen LogP contribution is 2.27. The van der Waals surface area contributed by atoms with Crippen molar-refractivity contribution in [2.75, 3.05) is 6.54 Å². The molecule has 3 atom stereocenters. The third kappa shape index (κ3) is 3.19. The number of nitrogens with one attached hydrogen (secondary N) is 1. The molecule has 17 heavy (non-hydrogen) atoms. The van der Waals surface area contributed by atoms with Crippen molar-refractivity contribution in [1.82, 2.24) is 5.32 Å². The van der Waals surface area contributed by atoms with E-state index in [2.05, 4.69) is 12.2 Å². The number of carbonyl (C=O) groups is 1. The Hall–Kier alpha value is -0.610. The molecule has 0 radical (unpaired) electrons. The van der Waals surface area contributed by atoms with Crippen molar-refractivity contribution >= 4 is 5.97 Å². The van der Waals surface area contributed by atoms with Gasteiger partial charge in [0.05, 0.1) is 17.6 Å². The Kier molecular flexibility index (Phi) is 4.95. The first-order chi connectivity index (χ1) is 7.95. The largest absolute Gasteiger partial charge is 0.481 e. The molecule has 0 saturated carbocycles. The molecule has 0 amide bonds. The molecule has 0 aromatic heterocycles. The van der Waals surface area contributed by atoms with E-state index >= 15 is 0 Å². The van der Waals surface area contributed by atoms with Crippen LogP contribution >= 0.6 is 0 Å². The predicted molar refractivity (Wildman–Crippen MR) is 67.1 cm³/mol. The molecule has 1 heterocycles. The minimum atomic E-state index is -0.699. The number of ether oxygens (including phenoxy) is 1. The Morgan fingerprint density at radius 1 is 1.41 bits per heavy atom. The molecule has 0 bridgehead atoms. The molecule has 0 spiro atoms. The molecule has 0 aliphatic carbocycles. The van der Waals surface area contributed by atoms with Crippen molar-refractivity contribution in [2.24, 2.45) is 5.41 Å². The molecule has 0 aromatic rings. The number of hydrogen-bond acceptors (Lipinski definition) is 3. The minimum Gasteiger partial charge on any atom is -0.481 e. The first-order valence-electron chi connectivity index (χ1n) is 6.57. The summed E-state index contributed by atoms with van der Waals surface area (Å²) in [6, 6.07) is 0.279. The van der Waals surface area contributed by atoms with Crippen LogP contribution in [0.5, 0.6) is 0 Å². The summed E-state index contributed by atoms with van der Waals surface area (Å²) in [4.78, 5) is 11.4. The summed E-state index contributed by atoms with van der Waals surface area (Å²) in [5, 5.41) is 12.7. The fourth-order valence-corrected chi connectivity index (χ4v) is 2.52. The number of carboxylic acids is 1. The van der Waals surface area contributed by atoms with Gasteiger partial charge in [-0.3, -0.25) is 4.79 Å². The van der Waals surface area contributed by atoms with Gasteiger partial charge in [-0.2, -0.15) is 0 Å². The lowest BCUT2D eigenvalue weighted by atomic mass is 9.82. The summed E-state index contributed by atoms with van der Waals surface area (Å²) in [5.74, 6) is -0.699. The monoisotopic (exact) mass is 243 g/mol. The van der Waals surface area contributed by atoms with Crippen molar-refractivity contribution < 1.29 is 14.6 Å². The molecule has 1 saturated heterocycles. The van der Waals surface area contributed by atoms with Gasteiger partial charge in [-0.1, -0.05) is 13.8 Å². The van der Waals surface area contributed by atoms with Gasteiger partial charge < -0.3 is 15.2 Å². The fourth-order valence-electron chi connectivity index (χ4n) is 2.52. The van der Waals surface area contributed by atoms with Crippen LogP contribution in [0.4, 0.5) is 0 Å². The third-order valence-corrected chi connectivity index (χ3v) is 4.11. The number of aliphatic carboxylic acids is 1. The zero-order valence-corrected chi connectivity index (χ0v) is 11.3. The second kappa shape index (κ2) is 5.83. The SMILES string of the molecule is CCC(CC)(CNC1CC(C)OC1C)C(=O)O. The van der Waals surface area contributed by atoms with E-state index in [-0.39, 0.29) is 18.2 Å².